The zero-order chi connectivity index (χ0) is 14.2. The highest BCUT2D eigenvalue weighted by atomic mass is 127. The highest BCUT2D eigenvalue weighted by Gasteiger charge is 2.22. The first kappa shape index (κ1) is 14.9. The van der Waals surface area contributed by atoms with Crippen LogP contribution in [-0.2, 0) is 16.6 Å². The molecular weight excluding hydrogens is 447 g/mol. The van der Waals surface area contributed by atoms with Gasteiger partial charge in [-0.2, -0.15) is 0 Å². The molecule has 1 aromatic carbocycles. The summed E-state index contributed by atoms with van der Waals surface area (Å²) in [5, 5.41) is 12.5. The van der Waals surface area contributed by atoms with Gasteiger partial charge in [-0.15, -0.1) is 10.2 Å². The molecule has 0 spiro atoms. The molecule has 9 heteroatoms. The second-order valence-corrected chi connectivity index (χ2v) is 7.27. The molecule has 0 amide bonds. The van der Waals surface area contributed by atoms with E-state index in [1.165, 1.54) is 4.57 Å². The van der Waals surface area contributed by atoms with Crippen molar-refractivity contribution in [3.8, 4) is 11.4 Å². The van der Waals surface area contributed by atoms with Gasteiger partial charge in [0.15, 0.2) is 5.82 Å². The topological polar surface area (TPSA) is 90.9 Å². The van der Waals surface area contributed by atoms with Crippen molar-refractivity contribution in [2.45, 2.75) is 18.6 Å². The van der Waals surface area contributed by atoms with Gasteiger partial charge in [0, 0.05) is 20.2 Å². The smallest absolute Gasteiger partial charge is 0.273 e. The molecule has 0 radical (unpaired) electrons. The highest BCUT2D eigenvalue weighted by Crippen LogP contribution is 2.29. The lowest BCUT2D eigenvalue weighted by Crippen LogP contribution is -2.18. The number of aromatic nitrogens is 3. The number of primary sulfonamides is 1. The lowest BCUT2D eigenvalue weighted by molar-refractivity contribution is 0.571. The Morgan fingerprint density at radius 3 is 2.68 bits per heavy atom. The molecule has 1 aromatic heterocycles. The summed E-state index contributed by atoms with van der Waals surface area (Å²) < 4.78 is 26.2. The van der Waals surface area contributed by atoms with Crippen LogP contribution in [0, 0.1) is 3.57 Å². The minimum atomic E-state index is -3.88. The SMILES string of the molecule is CCn1c(-c2cc(I)ccc2Br)nnc1S(N)(=O)=O. The molecule has 0 aliphatic carbocycles. The van der Waals surface area contributed by atoms with Gasteiger partial charge in [-0.05, 0) is 47.7 Å². The van der Waals surface area contributed by atoms with E-state index in [0.717, 1.165) is 13.6 Å². The van der Waals surface area contributed by atoms with Crippen LogP contribution in [0.2, 0.25) is 0 Å². The molecule has 102 valence electrons. The molecule has 2 rings (SSSR count). The largest absolute Gasteiger partial charge is 0.297 e. The van der Waals surface area contributed by atoms with Crippen molar-refractivity contribution in [2.75, 3.05) is 0 Å². The summed E-state index contributed by atoms with van der Waals surface area (Å²) in [7, 11) is -3.88. The summed E-state index contributed by atoms with van der Waals surface area (Å²) in [4.78, 5) is 0. The van der Waals surface area contributed by atoms with Crippen LogP contribution in [0.5, 0.6) is 0 Å². The Hall–Kier alpha value is -0.520. The van der Waals surface area contributed by atoms with Gasteiger partial charge in [0.05, 0.1) is 0 Å². The second-order valence-electron chi connectivity index (χ2n) is 3.72. The molecular formula is C10H10BrIN4O2S. The number of rotatable bonds is 3. The zero-order valence-electron chi connectivity index (χ0n) is 9.84. The Morgan fingerprint density at radius 1 is 1.42 bits per heavy atom. The Labute approximate surface area is 132 Å². The lowest BCUT2D eigenvalue weighted by atomic mass is 10.2. The van der Waals surface area contributed by atoms with Crippen LogP contribution < -0.4 is 5.14 Å². The maximum atomic E-state index is 11.5. The van der Waals surface area contributed by atoms with Gasteiger partial charge in [-0.3, -0.25) is 4.57 Å². The average molecular weight is 457 g/mol. The summed E-state index contributed by atoms with van der Waals surface area (Å²) in [6.45, 7) is 2.22. The first-order valence-electron chi connectivity index (χ1n) is 5.26. The predicted molar refractivity (Wildman–Crippen MR) is 82.9 cm³/mol. The lowest BCUT2D eigenvalue weighted by Gasteiger charge is -2.08. The Bertz CT molecular complexity index is 729. The fourth-order valence-corrected chi connectivity index (χ4v) is 3.24. The molecule has 0 saturated heterocycles. The van der Waals surface area contributed by atoms with Gasteiger partial charge >= 0.3 is 0 Å². The third-order valence-corrected chi connectivity index (χ3v) is 4.63. The van der Waals surface area contributed by atoms with Gasteiger partial charge in [0.25, 0.3) is 15.2 Å². The summed E-state index contributed by atoms with van der Waals surface area (Å²) in [6.07, 6.45) is 0. The van der Waals surface area contributed by atoms with Crippen molar-refractivity contribution < 1.29 is 8.42 Å². The minimum Gasteiger partial charge on any atom is -0.297 e. The minimum absolute atomic E-state index is 0.226. The van der Waals surface area contributed by atoms with Crippen molar-refractivity contribution in [2.24, 2.45) is 5.14 Å². The van der Waals surface area contributed by atoms with Crippen molar-refractivity contribution >= 4 is 48.5 Å². The normalized spacial score (nSPS) is 11.8. The quantitative estimate of drug-likeness (QED) is 0.715. The first-order valence-corrected chi connectivity index (χ1v) is 8.67. The average Bonchev–Trinajstić information content (AvgIpc) is 2.75. The monoisotopic (exact) mass is 456 g/mol. The third-order valence-electron chi connectivity index (χ3n) is 2.46. The molecule has 0 aliphatic heterocycles. The van der Waals surface area contributed by atoms with Crippen LogP contribution in [-0.4, -0.2) is 23.2 Å². The number of sulfonamides is 1. The number of benzene rings is 1. The van der Waals surface area contributed by atoms with Crippen molar-refractivity contribution in [3.63, 3.8) is 0 Å². The van der Waals surface area contributed by atoms with E-state index in [0.29, 0.717) is 12.4 Å². The predicted octanol–water partition coefficient (Wildman–Crippen LogP) is 1.98. The third kappa shape index (κ3) is 2.98. The molecule has 1 heterocycles. The number of nitrogens with two attached hydrogens (primary N) is 1. The van der Waals surface area contributed by atoms with Crippen molar-refractivity contribution in [3.05, 3.63) is 26.2 Å². The molecule has 2 N–H and O–H groups in total. The molecule has 0 bridgehead atoms. The summed E-state index contributed by atoms with van der Waals surface area (Å²) in [5.74, 6) is 0.469. The van der Waals surface area contributed by atoms with Gasteiger partial charge in [-0.1, -0.05) is 15.9 Å². The summed E-state index contributed by atoms with van der Waals surface area (Å²) >= 11 is 5.60. The summed E-state index contributed by atoms with van der Waals surface area (Å²) in [5.41, 5.74) is 0.774. The number of hydrogen-bond donors (Lipinski definition) is 1. The van der Waals surface area contributed by atoms with E-state index in [1.807, 2.05) is 25.1 Å². The Balaban J connectivity index is 2.70. The number of nitrogens with zero attached hydrogens (tertiary/aromatic N) is 3. The van der Waals surface area contributed by atoms with Crippen LogP contribution in [0.3, 0.4) is 0 Å². The first-order chi connectivity index (χ1) is 8.84. The molecule has 0 saturated carbocycles. The van der Waals surface area contributed by atoms with Crippen molar-refractivity contribution in [1.29, 1.82) is 0 Å². The van der Waals surface area contributed by atoms with E-state index in [9.17, 15) is 8.42 Å². The van der Waals surface area contributed by atoms with Crippen molar-refractivity contribution in [1.82, 2.24) is 14.8 Å². The van der Waals surface area contributed by atoms with Gasteiger partial charge < -0.3 is 0 Å². The Morgan fingerprint density at radius 2 is 2.11 bits per heavy atom. The molecule has 0 unspecified atom stereocenters. The van der Waals surface area contributed by atoms with Crippen LogP contribution in [0.25, 0.3) is 11.4 Å². The van der Waals surface area contributed by atoms with Gasteiger partial charge in [0.1, 0.15) is 0 Å². The molecule has 6 nitrogen and oxygen atoms in total. The van der Waals surface area contributed by atoms with Crippen LogP contribution >= 0.6 is 38.5 Å². The van der Waals surface area contributed by atoms with Gasteiger partial charge in [0.2, 0.25) is 0 Å². The van der Waals surface area contributed by atoms with E-state index in [4.69, 9.17) is 5.14 Å². The van der Waals surface area contributed by atoms with Crippen LogP contribution in [0.15, 0.2) is 27.8 Å². The highest BCUT2D eigenvalue weighted by molar-refractivity contribution is 14.1. The standard InChI is InChI=1S/C10H10BrIN4O2S/c1-2-16-9(14-15-10(16)19(13,17)18)7-5-6(12)3-4-8(7)11/h3-5H,2H2,1H3,(H2,13,17,18). The fraction of sp³-hybridized carbons (Fsp3) is 0.200. The molecule has 0 aliphatic rings. The second kappa shape index (κ2) is 5.46. The maximum Gasteiger partial charge on any atom is 0.273 e. The maximum absolute atomic E-state index is 11.5. The van der Waals surface area contributed by atoms with Crippen LogP contribution in [0.1, 0.15) is 6.92 Å². The number of hydrogen-bond acceptors (Lipinski definition) is 4. The molecule has 2 aromatic rings. The Kier molecular flexibility index (Phi) is 4.28. The van der Waals surface area contributed by atoms with E-state index in [2.05, 4.69) is 48.7 Å². The van der Waals surface area contributed by atoms with E-state index < -0.39 is 10.0 Å². The molecule has 19 heavy (non-hydrogen) atoms. The van der Waals surface area contributed by atoms with Gasteiger partial charge in [-0.25, -0.2) is 13.6 Å². The van der Waals surface area contributed by atoms with Crippen LogP contribution in [0.4, 0.5) is 0 Å². The molecule has 0 fully saturated rings. The van der Waals surface area contributed by atoms with E-state index >= 15 is 0 Å². The molecule has 0 atom stereocenters. The van der Waals surface area contributed by atoms with E-state index in [-0.39, 0.29) is 5.16 Å². The zero-order valence-corrected chi connectivity index (χ0v) is 14.4. The van der Waals surface area contributed by atoms with E-state index in [1.54, 1.807) is 0 Å². The summed E-state index contributed by atoms with van der Waals surface area (Å²) in [6, 6.07) is 5.71. The fourth-order valence-electron chi connectivity index (χ4n) is 1.65. The number of halogens is 2.